The Morgan fingerprint density at radius 3 is 2.61 bits per heavy atom. The molecule has 5 rings (SSSR count). The average Bonchev–Trinajstić information content (AvgIpc) is 3.20. The van der Waals surface area contributed by atoms with Gasteiger partial charge < -0.3 is 25.3 Å². The molecule has 0 bridgehead atoms. The third-order valence-corrected chi connectivity index (χ3v) is 7.50. The van der Waals surface area contributed by atoms with Crippen LogP contribution in [0.15, 0.2) is 42.5 Å². The van der Waals surface area contributed by atoms with Crippen molar-refractivity contribution < 1.29 is 4.74 Å². The van der Waals surface area contributed by atoms with E-state index in [-0.39, 0.29) is 0 Å². The van der Waals surface area contributed by atoms with Crippen molar-refractivity contribution in [3.05, 3.63) is 53.7 Å². The summed E-state index contributed by atoms with van der Waals surface area (Å²) >= 11 is 0. The Bertz CT molecular complexity index is 1320. The van der Waals surface area contributed by atoms with Crippen LogP contribution in [0.1, 0.15) is 36.9 Å². The molecule has 0 unspecified atom stereocenters. The zero-order chi connectivity index (χ0) is 25.1. The maximum Gasteiger partial charge on any atom is 0.225 e. The summed E-state index contributed by atoms with van der Waals surface area (Å²) in [6.07, 6.45) is 5.77. The van der Waals surface area contributed by atoms with Gasteiger partial charge in [0.2, 0.25) is 5.95 Å². The number of para-hydroxylation sites is 1. The second kappa shape index (κ2) is 10.7. The number of rotatable bonds is 9. The number of fused-ring (bicyclic) bond motifs is 2. The quantitative estimate of drug-likeness (QED) is 0.279. The molecule has 36 heavy (non-hydrogen) atoms. The number of hydrogen-bond donors (Lipinski definition) is 3. The van der Waals surface area contributed by atoms with Crippen LogP contribution in [0.4, 0.5) is 11.8 Å². The van der Waals surface area contributed by atoms with Crippen LogP contribution in [0, 0.1) is 12.8 Å². The van der Waals surface area contributed by atoms with Gasteiger partial charge in [0.1, 0.15) is 11.6 Å². The summed E-state index contributed by atoms with van der Waals surface area (Å²) < 4.78 is 5.43. The summed E-state index contributed by atoms with van der Waals surface area (Å²) in [5.74, 6) is 3.34. The number of nitrogens with zero attached hydrogens (tertiary/aromatic N) is 3. The van der Waals surface area contributed by atoms with Crippen LogP contribution in [-0.4, -0.2) is 55.3 Å². The molecule has 7 heteroatoms. The minimum absolute atomic E-state index is 0.432. The molecule has 4 aromatic rings. The second-order valence-corrected chi connectivity index (χ2v) is 10.2. The van der Waals surface area contributed by atoms with Gasteiger partial charge in [0.25, 0.3) is 0 Å². The van der Waals surface area contributed by atoms with Crippen molar-refractivity contribution >= 4 is 33.6 Å². The smallest absolute Gasteiger partial charge is 0.225 e. The number of aromatic amines is 1. The molecule has 0 amide bonds. The van der Waals surface area contributed by atoms with Gasteiger partial charge in [-0.3, -0.25) is 0 Å². The van der Waals surface area contributed by atoms with E-state index in [1.54, 1.807) is 7.11 Å². The zero-order valence-corrected chi connectivity index (χ0v) is 21.9. The molecule has 2 aromatic heterocycles. The minimum Gasteiger partial charge on any atom is -0.497 e. The lowest BCUT2D eigenvalue weighted by molar-refractivity contribution is 0.325. The summed E-state index contributed by atoms with van der Waals surface area (Å²) in [6, 6.07) is 14.9. The number of aromatic nitrogens is 3. The van der Waals surface area contributed by atoms with Crippen molar-refractivity contribution in [3.63, 3.8) is 0 Å². The zero-order valence-electron chi connectivity index (χ0n) is 21.9. The van der Waals surface area contributed by atoms with Crippen LogP contribution in [0.3, 0.4) is 0 Å². The fraction of sp³-hybridized carbons (Fsp3) is 0.448. The fourth-order valence-corrected chi connectivity index (χ4v) is 5.49. The van der Waals surface area contributed by atoms with Crippen LogP contribution in [0.5, 0.6) is 5.75 Å². The Labute approximate surface area is 213 Å². The van der Waals surface area contributed by atoms with E-state index >= 15 is 0 Å². The molecule has 3 N–H and O–H groups in total. The Morgan fingerprint density at radius 2 is 1.83 bits per heavy atom. The first kappa shape index (κ1) is 24.4. The molecule has 0 spiro atoms. The highest BCUT2D eigenvalue weighted by molar-refractivity contribution is 5.90. The van der Waals surface area contributed by atoms with Crippen LogP contribution < -0.4 is 20.3 Å². The van der Waals surface area contributed by atoms with Gasteiger partial charge in [0, 0.05) is 42.1 Å². The van der Waals surface area contributed by atoms with Gasteiger partial charge in [-0.25, -0.2) is 4.98 Å². The summed E-state index contributed by atoms with van der Waals surface area (Å²) in [5.41, 5.74) is 4.81. The standard InChI is InChI=1S/C29H38N6O/c1-19-23(25-17-22(36-4)13-14-27(25)31-19)15-16-30-18-20-9-11-21(12-10-20)32-29-33-26-8-6-5-7-24(26)28(34-29)35(2)3/h5-8,13-14,17,20-21,30-31H,9-12,15-16,18H2,1-4H3,(H,32,33,34)/t20-,21+. The lowest BCUT2D eigenvalue weighted by Crippen LogP contribution is -2.32. The number of aryl methyl sites for hydroxylation is 1. The Morgan fingerprint density at radius 1 is 1.03 bits per heavy atom. The molecule has 2 heterocycles. The van der Waals surface area contributed by atoms with Gasteiger partial charge in [-0.2, -0.15) is 4.98 Å². The maximum atomic E-state index is 5.43. The van der Waals surface area contributed by atoms with Gasteiger partial charge in [-0.05, 0) is 93.9 Å². The van der Waals surface area contributed by atoms with Crippen molar-refractivity contribution in [1.29, 1.82) is 0 Å². The first-order valence-electron chi connectivity index (χ1n) is 13.1. The van der Waals surface area contributed by atoms with E-state index in [1.165, 1.54) is 35.0 Å². The lowest BCUT2D eigenvalue weighted by Gasteiger charge is -2.29. The Balaban J connectivity index is 1.11. The van der Waals surface area contributed by atoms with Crippen molar-refractivity contribution in [2.75, 3.05) is 44.5 Å². The highest BCUT2D eigenvalue weighted by atomic mass is 16.5. The van der Waals surface area contributed by atoms with Gasteiger partial charge in [0.05, 0.1) is 12.6 Å². The number of anilines is 2. The molecule has 1 aliphatic rings. The predicted molar refractivity (Wildman–Crippen MR) is 149 cm³/mol. The summed E-state index contributed by atoms with van der Waals surface area (Å²) in [5, 5.41) is 9.71. The number of H-pyrrole nitrogens is 1. The average molecular weight is 487 g/mol. The van der Waals surface area contributed by atoms with Gasteiger partial charge >= 0.3 is 0 Å². The van der Waals surface area contributed by atoms with E-state index < -0.39 is 0 Å². The Hall–Kier alpha value is -3.32. The molecule has 0 saturated heterocycles. The molecule has 0 atom stereocenters. The summed E-state index contributed by atoms with van der Waals surface area (Å²) in [6.45, 7) is 4.23. The van der Waals surface area contributed by atoms with E-state index in [4.69, 9.17) is 14.7 Å². The van der Waals surface area contributed by atoms with E-state index in [0.29, 0.717) is 6.04 Å². The highest BCUT2D eigenvalue weighted by Crippen LogP contribution is 2.29. The highest BCUT2D eigenvalue weighted by Gasteiger charge is 2.22. The maximum absolute atomic E-state index is 5.43. The molecule has 0 aliphatic heterocycles. The van der Waals surface area contributed by atoms with Crippen molar-refractivity contribution in [3.8, 4) is 5.75 Å². The van der Waals surface area contributed by atoms with E-state index in [0.717, 1.165) is 66.7 Å². The normalized spacial score (nSPS) is 18.0. The first-order chi connectivity index (χ1) is 17.5. The van der Waals surface area contributed by atoms with Gasteiger partial charge in [-0.15, -0.1) is 0 Å². The SMILES string of the molecule is COc1ccc2[nH]c(C)c(CCNC[C@H]3CC[C@@H](Nc4nc(N(C)C)c5ccccc5n4)CC3)c2c1. The predicted octanol–water partition coefficient (Wildman–Crippen LogP) is 5.30. The number of hydrogen-bond acceptors (Lipinski definition) is 6. The van der Waals surface area contributed by atoms with E-state index in [2.05, 4.69) is 51.7 Å². The number of benzene rings is 2. The van der Waals surface area contributed by atoms with Crippen molar-refractivity contribution in [2.45, 2.75) is 45.1 Å². The van der Waals surface area contributed by atoms with Crippen molar-refractivity contribution in [2.24, 2.45) is 5.92 Å². The van der Waals surface area contributed by atoms with E-state index in [9.17, 15) is 0 Å². The van der Waals surface area contributed by atoms with Gasteiger partial charge in [0.15, 0.2) is 0 Å². The monoisotopic (exact) mass is 486 g/mol. The van der Waals surface area contributed by atoms with Crippen molar-refractivity contribution in [1.82, 2.24) is 20.3 Å². The first-order valence-corrected chi connectivity index (χ1v) is 13.1. The third kappa shape index (κ3) is 5.26. The third-order valence-electron chi connectivity index (χ3n) is 7.50. The van der Waals surface area contributed by atoms with Crippen LogP contribution >= 0.6 is 0 Å². The molecular formula is C29H38N6O. The molecule has 1 fully saturated rings. The lowest BCUT2D eigenvalue weighted by atomic mass is 9.86. The topological polar surface area (TPSA) is 78.1 Å². The second-order valence-electron chi connectivity index (χ2n) is 10.2. The molecule has 1 aliphatic carbocycles. The molecule has 2 aromatic carbocycles. The minimum atomic E-state index is 0.432. The fourth-order valence-electron chi connectivity index (χ4n) is 5.49. The molecular weight excluding hydrogens is 448 g/mol. The summed E-state index contributed by atoms with van der Waals surface area (Å²) in [4.78, 5) is 15.2. The Kier molecular flexibility index (Phi) is 7.28. The number of nitrogens with one attached hydrogen (secondary N) is 3. The van der Waals surface area contributed by atoms with Crippen LogP contribution in [0.25, 0.3) is 21.8 Å². The number of methoxy groups -OCH3 is 1. The largest absolute Gasteiger partial charge is 0.497 e. The molecule has 1 saturated carbocycles. The number of ether oxygens (including phenoxy) is 1. The van der Waals surface area contributed by atoms with E-state index in [1.807, 2.05) is 32.3 Å². The molecule has 7 nitrogen and oxygen atoms in total. The van der Waals surface area contributed by atoms with Crippen LogP contribution in [0.2, 0.25) is 0 Å². The molecule has 190 valence electrons. The summed E-state index contributed by atoms with van der Waals surface area (Å²) in [7, 11) is 5.79. The van der Waals surface area contributed by atoms with Crippen LogP contribution in [-0.2, 0) is 6.42 Å². The van der Waals surface area contributed by atoms with Gasteiger partial charge in [-0.1, -0.05) is 12.1 Å². The molecule has 0 radical (unpaired) electrons.